The minimum Gasteiger partial charge on any atom is -0.392 e. The van der Waals surface area contributed by atoms with Crippen molar-refractivity contribution in [2.45, 2.75) is 26.4 Å². The maximum Gasteiger partial charge on any atom is 0.0635 e. The lowest BCUT2D eigenvalue weighted by Crippen LogP contribution is -2.39. The zero-order valence-electron chi connectivity index (χ0n) is 6.05. The van der Waals surface area contributed by atoms with Gasteiger partial charge < -0.3 is 9.84 Å². The molecule has 0 saturated carbocycles. The van der Waals surface area contributed by atoms with Crippen molar-refractivity contribution in [3.63, 3.8) is 0 Å². The number of hydrogen-bond donors (Lipinski definition) is 1. The second-order valence-corrected chi connectivity index (χ2v) is 3.35. The predicted molar refractivity (Wildman–Crippen MR) is 35.2 cm³/mol. The fraction of sp³-hybridized carbons (Fsp3) is 1.00. The van der Waals surface area contributed by atoms with Crippen LogP contribution in [0.3, 0.4) is 0 Å². The Morgan fingerprint density at radius 3 is 2.56 bits per heavy atom. The molecular formula is C7H14O2. The van der Waals surface area contributed by atoms with Crippen LogP contribution in [0.5, 0.6) is 0 Å². The van der Waals surface area contributed by atoms with Gasteiger partial charge in [-0.1, -0.05) is 13.8 Å². The van der Waals surface area contributed by atoms with Crippen molar-refractivity contribution in [3.8, 4) is 0 Å². The first-order chi connectivity index (χ1) is 4.13. The van der Waals surface area contributed by atoms with Gasteiger partial charge in [0.1, 0.15) is 0 Å². The molecule has 0 spiro atoms. The average Bonchev–Trinajstić information content (AvgIpc) is 1.77. The summed E-state index contributed by atoms with van der Waals surface area (Å²) in [7, 11) is 0. The standard InChI is InChI=1S/C7H14O2/c1-7(2)5-9-4-3-6(7)8/h6,8H,3-5H2,1-2H3. The van der Waals surface area contributed by atoms with E-state index in [1.54, 1.807) is 0 Å². The molecule has 2 heteroatoms. The molecule has 9 heavy (non-hydrogen) atoms. The number of rotatable bonds is 0. The van der Waals surface area contributed by atoms with E-state index in [0.717, 1.165) is 6.42 Å². The van der Waals surface area contributed by atoms with Crippen LogP contribution in [0.2, 0.25) is 0 Å². The summed E-state index contributed by atoms with van der Waals surface area (Å²) in [6, 6.07) is 0. The summed E-state index contributed by atoms with van der Waals surface area (Å²) in [5.41, 5.74) is -0.0295. The molecule has 2 nitrogen and oxygen atoms in total. The summed E-state index contributed by atoms with van der Waals surface area (Å²) >= 11 is 0. The van der Waals surface area contributed by atoms with Crippen LogP contribution in [0.1, 0.15) is 20.3 Å². The fourth-order valence-corrected chi connectivity index (χ4v) is 1.02. The summed E-state index contributed by atoms with van der Waals surface area (Å²) in [4.78, 5) is 0. The third kappa shape index (κ3) is 1.43. The van der Waals surface area contributed by atoms with E-state index >= 15 is 0 Å². The van der Waals surface area contributed by atoms with E-state index in [-0.39, 0.29) is 11.5 Å². The minimum absolute atomic E-state index is 0.0295. The lowest BCUT2D eigenvalue weighted by atomic mass is 9.84. The lowest BCUT2D eigenvalue weighted by Gasteiger charge is -2.34. The molecule has 1 fully saturated rings. The van der Waals surface area contributed by atoms with Gasteiger partial charge >= 0.3 is 0 Å². The van der Waals surface area contributed by atoms with Crippen molar-refractivity contribution in [1.29, 1.82) is 0 Å². The number of aliphatic hydroxyl groups is 1. The molecule has 0 aromatic heterocycles. The zero-order chi connectivity index (χ0) is 6.91. The van der Waals surface area contributed by atoms with Gasteiger partial charge in [0.2, 0.25) is 0 Å². The van der Waals surface area contributed by atoms with Crippen molar-refractivity contribution in [2.24, 2.45) is 5.41 Å². The summed E-state index contributed by atoms with van der Waals surface area (Å²) in [6.45, 7) is 5.45. The van der Waals surface area contributed by atoms with Gasteiger partial charge in [-0.3, -0.25) is 0 Å². The summed E-state index contributed by atoms with van der Waals surface area (Å²) < 4.78 is 5.20. The number of hydrogen-bond acceptors (Lipinski definition) is 2. The molecule has 0 aliphatic carbocycles. The van der Waals surface area contributed by atoms with Crippen LogP contribution >= 0.6 is 0 Å². The van der Waals surface area contributed by atoms with Crippen LogP contribution in [0.25, 0.3) is 0 Å². The van der Waals surface area contributed by atoms with Gasteiger partial charge in [-0.25, -0.2) is 0 Å². The van der Waals surface area contributed by atoms with Crippen LogP contribution < -0.4 is 0 Å². The highest BCUT2D eigenvalue weighted by atomic mass is 16.5. The molecule has 1 heterocycles. The zero-order valence-corrected chi connectivity index (χ0v) is 6.05. The first kappa shape index (κ1) is 7.03. The summed E-state index contributed by atoms with van der Waals surface area (Å²) in [6.07, 6.45) is 0.610. The highest BCUT2D eigenvalue weighted by Gasteiger charge is 2.30. The van der Waals surface area contributed by atoms with Gasteiger partial charge in [0.05, 0.1) is 12.7 Å². The van der Waals surface area contributed by atoms with Crippen molar-refractivity contribution in [3.05, 3.63) is 0 Å². The first-order valence-electron chi connectivity index (χ1n) is 3.39. The lowest BCUT2D eigenvalue weighted by molar-refractivity contribution is -0.0803. The normalized spacial score (nSPS) is 34.3. The van der Waals surface area contributed by atoms with Gasteiger partial charge in [-0.2, -0.15) is 0 Å². The van der Waals surface area contributed by atoms with Crippen LogP contribution in [0.15, 0.2) is 0 Å². The highest BCUT2D eigenvalue weighted by Crippen LogP contribution is 2.26. The first-order valence-corrected chi connectivity index (χ1v) is 3.39. The second kappa shape index (κ2) is 2.27. The Labute approximate surface area is 55.8 Å². The van der Waals surface area contributed by atoms with Gasteiger partial charge in [0, 0.05) is 12.0 Å². The van der Waals surface area contributed by atoms with Crippen LogP contribution in [-0.2, 0) is 4.74 Å². The third-order valence-corrected chi connectivity index (χ3v) is 1.91. The maximum absolute atomic E-state index is 9.36. The van der Waals surface area contributed by atoms with E-state index in [1.807, 2.05) is 13.8 Å². The molecule has 0 aromatic carbocycles. The van der Waals surface area contributed by atoms with E-state index in [1.165, 1.54) is 0 Å². The van der Waals surface area contributed by atoms with Crippen LogP contribution in [0.4, 0.5) is 0 Å². The quantitative estimate of drug-likeness (QED) is 0.525. The van der Waals surface area contributed by atoms with E-state index < -0.39 is 0 Å². The molecule has 0 aromatic rings. The minimum atomic E-state index is -0.175. The topological polar surface area (TPSA) is 29.5 Å². The molecule has 1 atom stereocenters. The monoisotopic (exact) mass is 130 g/mol. The van der Waals surface area contributed by atoms with Gasteiger partial charge in [-0.05, 0) is 6.42 Å². The molecule has 0 radical (unpaired) electrons. The Bertz CT molecular complexity index is 99.1. The van der Waals surface area contributed by atoms with Crippen molar-refractivity contribution in [2.75, 3.05) is 13.2 Å². The Kier molecular flexibility index (Phi) is 1.78. The Hall–Kier alpha value is -0.0800. The summed E-state index contributed by atoms with van der Waals surface area (Å²) in [5, 5.41) is 9.36. The highest BCUT2D eigenvalue weighted by molar-refractivity contribution is 4.80. The van der Waals surface area contributed by atoms with Gasteiger partial charge in [0.15, 0.2) is 0 Å². The molecule has 1 aliphatic rings. The van der Waals surface area contributed by atoms with Crippen molar-refractivity contribution in [1.82, 2.24) is 0 Å². The van der Waals surface area contributed by atoms with Gasteiger partial charge in [0.25, 0.3) is 0 Å². The molecule has 1 rings (SSSR count). The van der Waals surface area contributed by atoms with Crippen molar-refractivity contribution < 1.29 is 9.84 Å². The smallest absolute Gasteiger partial charge is 0.0635 e. The Morgan fingerprint density at radius 1 is 1.56 bits per heavy atom. The molecular weight excluding hydrogens is 116 g/mol. The Morgan fingerprint density at radius 2 is 2.22 bits per heavy atom. The molecule has 1 aliphatic heterocycles. The molecule has 1 unspecified atom stereocenters. The molecule has 0 amide bonds. The second-order valence-electron chi connectivity index (χ2n) is 3.35. The third-order valence-electron chi connectivity index (χ3n) is 1.91. The van der Waals surface area contributed by atoms with E-state index in [2.05, 4.69) is 0 Å². The average molecular weight is 130 g/mol. The summed E-state index contributed by atoms with van der Waals surface area (Å²) in [5.74, 6) is 0. The molecule has 1 N–H and O–H groups in total. The molecule has 1 saturated heterocycles. The number of ether oxygens (including phenoxy) is 1. The van der Waals surface area contributed by atoms with Crippen LogP contribution in [0, 0.1) is 5.41 Å². The Balaban J connectivity index is 2.49. The maximum atomic E-state index is 9.36. The SMILES string of the molecule is CC1(C)COCCC1O. The van der Waals surface area contributed by atoms with E-state index in [4.69, 9.17) is 4.74 Å². The molecule has 0 bridgehead atoms. The van der Waals surface area contributed by atoms with Crippen LogP contribution in [-0.4, -0.2) is 24.4 Å². The van der Waals surface area contributed by atoms with Gasteiger partial charge in [-0.15, -0.1) is 0 Å². The largest absolute Gasteiger partial charge is 0.392 e. The van der Waals surface area contributed by atoms with E-state index in [0.29, 0.717) is 13.2 Å². The number of aliphatic hydroxyl groups excluding tert-OH is 1. The molecule has 54 valence electrons. The van der Waals surface area contributed by atoms with Crippen molar-refractivity contribution >= 4 is 0 Å². The fourth-order valence-electron chi connectivity index (χ4n) is 1.02. The predicted octanol–water partition coefficient (Wildman–Crippen LogP) is 0.794. The van der Waals surface area contributed by atoms with E-state index in [9.17, 15) is 5.11 Å².